The van der Waals surface area contributed by atoms with Gasteiger partial charge >= 0.3 is 6.18 Å². The second kappa shape index (κ2) is 6.40. The van der Waals surface area contributed by atoms with Gasteiger partial charge in [-0.3, -0.25) is 0 Å². The second-order valence-electron chi connectivity index (χ2n) is 3.97. The largest absolute Gasteiger partial charge is 0.389 e. The Labute approximate surface area is 108 Å². The normalized spacial score (nSPS) is 13.7. The Morgan fingerprint density at radius 3 is 2.59 bits per heavy atom. The van der Waals surface area contributed by atoms with Crippen molar-refractivity contribution < 1.29 is 13.2 Å². The van der Waals surface area contributed by atoms with E-state index >= 15 is 0 Å². The van der Waals surface area contributed by atoms with E-state index in [9.17, 15) is 13.2 Å². The Bertz CT molecular complexity index is 352. The third kappa shape index (κ3) is 6.07. The summed E-state index contributed by atoms with van der Waals surface area (Å²) in [5.74, 6) is 0. The maximum absolute atomic E-state index is 12.1. The molecule has 1 nitrogen and oxygen atoms in total. The van der Waals surface area contributed by atoms with Gasteiger partial charge in [-0.05, 0) is 37.6 Å². The zero-order valence-corrected chi connectivity index (χ0v) is 11.1. The molecule has 96 valence electrons. The standard InChI is InChI=1S/C12H15BrF3N/c1-17-11(5-6-12(14,15)16)8-9-3-2-4-10(13)7-9/h2-4,7,11,17H,5-6,8H2,1H3. The molecule has 0 aromatic heterocycles. The van der Waals surface area contributed by atoms with E-state index in [0.29, 0.717) is 6.42 Å². The molecule has 0 bridgehead atoms. The molecule has 5 heteroatoms. The summed E-state index contributed by atoms with van der Waals surface area (Å²) in [5, 5.41) is 2.93. The number of rotatable bonds is 5. The Morgan fingerprint density at radius 1 is 1.35 bits per heavy atom. The molecule has 0 aliphatic carbocycles. The van der Waals surface area contributed by atoms with Crippen LogP contribution in [0.2, 0.25) is 0 Å². The van der Waals surface area contributed by atoms with Crippen molar-refractivity contribution in [3.8, 4) is 0 Å². The molecule has 1 aromatic carbocycles. The van der Waals surface area contributed by atoms with E-state index in [1.807, 2.05) is 24.3 Å². The zero-order chi connectivity index (χ0) is 12.9. The Morgan fingerprint density at radius 2 is 2.06 bits per heavy atom. The average molecular weight is 310 g/mol. The van der Waals surface area contributed by atoms with Crippen molar-refractivity contribution >= 4 is 15.9 Å². The smallest absolute Gasteiger partial charge is 0.317 e. The number of benzene rings is 1. The highest BCUT2D eigenvalue weighted by atomic mass is 79.9. The lowest BCUT2D eigenvalue weighted by Crippen LogP contribution is -2.29. The Balaban J connectivity index is 2.52. The van der Waals surface area contributed by atoms with Crippen LogP contribution in [0.4, 0.5) is 13.2 Å². The lowest BCUT2D eigenvalue weighted by Gasteiger charge is -2.17. The van der Waals surface area contributed by atoms with Gasteiger partial charge in [0.25, 0.3) is 0 Å². The predicted octanol–water partition coefficient (Wildman–Crippen LogP) is 3.92. The lowest BCUT2D eigenvalue weighted by atomic mass is 10.0. The van der Waals surface area contributed by atoms with Crippen LogP contribution < -0.4 is 5.32 Å². The summed E-state index contributed by atoms with van der Waals surface area (Å²) in [4.78, 5) is 0. The summed E-state index contributed by atoms with van der Waals surface area (Å²) >= 11 is 3.34. The van der Waals surface area contributed by atoms with Crippen molar-refractivity contribution in [1.29, 1.82) is 0 Å². The molecule has 0 heterocycles. The van der Waals surface area contributed by atoms with Gasteiger partial charge in [-0.15, -0.1) is 0 Å². The van der Waals surface area contributed by atoms with Gasteiger partial charge in [-0.2, -0.15) is 13.2 Å². The summed E-state index contributed by atoms with van der Waals surface area (Å²) in [7, 11) is 1.69. The third-order valence-electron chi connectivity index (χ3n) is 2.56. The van der Waals surface area contributed by atoms with Crippen molar-refractivity contribution in [1.82, 2.24) is 5.32 Å². The van der Waals surface area contributed by atoms with Gasteiger partial charge in [0.05, 0.1) is 0 Å². The fourth-order valence-corrected chi connectivity index (χ4v) is 2.08. The molecule has 0 spiro atoms. The minimum absolute atomic E-state index is 0.104. The first-order chi connectivity index (χ1) is 7.90. The molecule has 1 rings (SSSR count). The average Bonchev–Trinajstić information content (AvgIpc) is 2.23. The molecule has 0 amide bonds. The van der Waals surface area contributed by atoms with Crippen LogP contribution >= 0.6 is 15.9 Å². The molecule has 0 aliphatic rings. The van der Waals surface area contributed by atoms with Crippen LogP contribution in [0.15, 0.2) is 28.7 Å². The van der Waals surface area contributed by atoms with Gasteiger partial charge < -0.3 is 5.32 Å². The number of alkyl halides is 3. The summed E-state index contributed by atoms with van der Waals surface area (Å²) in [6.07, 6.45) is -4.11. The van der Waals surface area contributed by atoms with Crippen LogP contribution in [-0.4, -0.2) is 19.3 Å². The van der Waals surface area contributed by atoms with E-state index in [-0.39, 0.29) is 12.5 Å². The van der Waals surface area contributed by atoms with Gasteiger partial charge in [0, 0.05) is 16.9 Å². The van der Waals surface area contributed by atoms with Crippen LogP contribution in [0.1, 0.15) is 18.4 Å². The van der Waals surface area contributed by atoms with E-state index in [0.717, 1.165) is 10.0 Å². The highest BCUT2D eigenvalue weighted by Crippen LogP contribution is 2.23. The van der Waals surface area contributed by atoms with Crippen molar-refractivity contribution in [2.24, 2.45) is 0 Å². The Kier molecular flexibility index (Phi) is 5.46. The van der Waals surface area contributed by atoms with Crippen LogP contribution in [0.5, 0.6) is 0 Å². The fourth-order valence-electron chi connectivity index (χ4n) is 1.63. The van der Waals surface area contributed by atoms with Crippen LogP contribution in [0.3, 0.4) is 0 Å². The minimum Gasteiger partial charge on any atom is -0.317 e. The molecule has 0 saturated carbocycles. The van der Waals surface area contributed by atoms with Gasteiger partial charge in [0.1, 0.15) is 0 Å². The number of halogens is 4. The fraction of sp³-hybridized carbons (Fsp3) is 0.500. The molecule has 1 aromatic rings. The first-order valence-corrected chi connectivity index (χ1v) is 6.18. The number of hydrogen-bond donors (Lipinski definition) is 1. The molecular weight excluding hydrogens is 295 g/mol. The maximum Gasteiger partial charge on any atom is 0.389 e. The molecular formula is C12H15BrF3N. The van der Waals surface area contributed by atoms with Crippen molar-refractivity contribution in [3.63, 3.8) is 0 Å². The quantitative estimate of drug-likeness (QED) is 0.869. The maximum atomic E-state index is 12.1. The summed E-state index contributed by atoms with van der Waals surface area (Å²) in [6, 6.07) is 7.48. The molecule has 0 fully saturated rings. The van der Waals surface area contributed by atoms with E-state index in [2.05, 4.69) is 21.2 Å². The number of hydrogen-bond acceptors (Lipinski definition) is 1. The van der Waals surface area contributed by atoms with Crippen molar-refractivity contribution in [2.45, 2.75) is 31.5 Å². The molecule has 1 N–H and O–H groups in total. The van der Waals surface area contributed by atoms with E-state index in [1.54, 1.807) is 7.05 Å². The topological polar surface area (TPSA) is 12.0 Å². The molecule has 17 heavy (non-hydrogen) atoms. The van der Waals surface area contributed by atoms with Gasteiger partial charge in [0.2, 0.25) is 0 Å². The minimum atomic E-state index is -4.08. The highest BCUT2D eigenvalue weighted by molar-refractivity contribution is 9.10. The van der Waals surface area contributed by atoms with Gasteiger partial charge in [-0.25, -0.2) is 0 Å². The lowest BCUT2D eigenvalue weighted by molar-refractivity contribution is -0.136. The van der Waals surface area contributed by atoms with Crippen LogP contribution in [0.25, 0.3) is 0 Å². The highest BCUT2D eigenvalue weighted by Gasteiger charge is 2.27. The summed E-state index contributed by atoms with van der Waals surface area (Å²) in [5.41, 5.74) is 1.03. The summed E-state index contributed by atoms with van der Waals surface area (Å²) in [6.45, 7) is 0. The first-order valence-electron chi connectivity index (χ1n) is 5.39. The van der Waals surface area contributed by atoms with Crippen molar-refractivity contribution in [3.05, 3.63) is 34.3 Å². The number of nitrogens with one attached hydrogen (secondary N) is 1. The SMILES string of the molecule is CNC(CCC(F)(F)F)Cc1cccc(Br)c1. The Hall–Kier alpha value is -0.550. The van der Waals surface area contributed by atoms with Crippen LogP contribution in [-0.2, 0) is 6.42 Å². The second-order valence-corrected chi connectivity index (χ2v) is 4.89. The van der Waals surface area contributed by atoms with Crippen molar-refractivity contribution in [2.75, 3.05) is 7.05 Å². The van der Waals surface area contributed by atoms with E-state index in [1.165, 1.54) is 0 Å². The monoisotopic (exact) mass is 309 g/mol. The van der Waals surface area contributed by atoms with E-state index in [4.69, 9.17) is 0 Å². The molecule has 0 saturated heterocycles. The predicted molar refractivity (Wildman–Crippen MR) is 66.0 cm³/mol. The van der Waals surface area contributed by atoms with Gasteiger partial charge in [0.15, 0.2) is 0 Å². The van der Waals surface area contributed by atoms with Gasteiger partial charge in [-0.1, -0.05) is 28.1 Å². The number of likely N-dealkylation sites (N-methyl/N-ethyl adjacent to an activating group) is 1. The molecule has 1 unspecified atom stereocenters. The molecule has 1 atom stereocenters. The molecule has 0 radical (unpaired) electrons. The van der Waals surface area contributed by atoms with Crippen LogP contribution in [0, 0.1) is 0 Å². The molecule has 0 aliphatic heterocycles. The third-order valence-corrected chi connectivity index (χ3v) is 3.05. The van der Waals surface area contributed by atoms with E-state index < -0.39 is 12.6 Å². The summed E-state index contributed by atoms with van der Waals surface area (Å²) < 4.78 is 37.3. The first kappa shape index (κ1) is 14.5. The zero-order valence-electron chi connectivity index (χ0n) is 9.52.